The van der Waals surface area contributed by atoms with E-state index in [9.17, 15) is 10.2 Å². The lowest BCUT2D eigenvalue weighted by Crippen LogP contribution is -2.48. The predicted molar refractivity (Wildman–Crippen MR) is 73.7 cm³/mol. The Morgan fingerprint density at radius 3 is 2.17 bits per heavy atom. The van der Waals surface area contributed by atoms with Crippen LogP contribution in [0, 0.1) is 0 Å². The molecule has 1 rings (SSSR count). The summed E-state index contributed by atoms with van der Waals surface area (Å²) in [4.78, 5) is 6.64. The predicted octanol–water partition coefficient (Wildman–Crippen LogP) is -0.703. The summed E-state index contributed by atoms with van der Waals surface area (Å²) in [6.45, 7) is 8.21. The van der Waals surface area contributed by atoms with Crippen LogP contribution < -0.4 is 0 Å². The Labute approximate surface area is 111 Å². The van der Waals surface area contributed by atoms with Crippen LogP contribution in [0.5, 0.6) is 0 Å². The smallest absolute Gasteiger partial charge is 0.0793 e. The molecule has 0 aromatic carbocycles. The molecule has 0 spiro atoms. The van der Waals surface area contributed by atoms with E-state index in [0.29, 0.717) is 13.1 Å². The zero-order valence-electron chi connectivity index (χ0n) is 12.0. The third kappa shape index (κ3) is 6.11. The van der Waals surface area contributed by atoms with Crippen molar-refractivity contribution in [3.8, 4) is 0 Å². The Kier molecular flexibility index (Phi) is 7.11. The molecule has 2 N–H and O–H groups in total. The van der Waals surface area contributed by atoms with Crippen LogP contribution in [-0.2, 0) is 0 Å². The summed E-state index contributed by atoms with van der Waals surface area (Å²) in [5, 5.41) is 19.6. The second-order valence-corrected chi connectivity index (χ2v) is 5.54. The van der Waals surface area contributed by atoms with E-state index >= 15 is 0 Å². The van der Waals surface area contributed by atoms with E-state index in [1.165, 1.54) is 0 Å². The van der Waals surface area contributed by atoms with E-state index in [1.54, 1.807) is 0 Å². The van der Waals surface area contributed by atoms with Gasteiger partial charge in [-0.3, -0.25) is 4.90 Å². The van der Waals surface area contributed by atoms with Gasteiger partial charge >= 0.3 is 0 Å². The quantitative estimate of drug-likeness (QED) is 0.633. The SMILES string of the molecule is CC[C@@H](O)CN(C)CC(O)CN1CCN(C)CC1. The minimum Gasteiger partial charge on any atom is -0.392 e. The highest BCUT2D eigenvalue weighted by atomic mass is 16.3. The zero-order chi connectivity index (χ0) is 13.5. The molecular weight excluding hydrogens is 230 g/mol. The fourth-order valence-corrected chi connectivity index (χ4v) is 2.31. The summed E-state index contributed by atoms with van der Waals surface area (Å²) in [7, 11) is 4.08. The van der Waals surface area contributed by atoms with Crippen molar-refractivity contribution in [2.24, 2.45) is 0 Å². The van der Waals surface area contributed by atoms with Gasteiger partial charge in [-0.15, -0.1) is 0 Å². The van der Waals surface area contributed by atoms with E-state index in [4.69, 9.17) is 0 Å². The highest BCUT2D eigenvalue weighted by Gasteiger charge is 2.18. The summed E-state index contributed by atoms with van der Waals surface area (Å²) < 4.78 is 0. The Hall–Kier alpha value is -0.200. The molecule has 2 atom stereocenters. The van der Waals surface area contributed by atoms with E-state index in [-0.39, 0.29) is 12.2 Å². The van der Waals surface area contributed by atoms with Crippen molar-refractivity contribution in [1.29, 1.82) is 0 Å². The normalized spacial score (nSPS) is 22.3. The molecule has 1 aliphatic rings. The van der Waals surface area contributed by atoms with Crippen LogP contribution in [0.4, 0.5) is 0 Å². The van der Waals surface area contributed by atoms with Crippen molar-refractivity contribution in [2.75, 3.05) is 59.9 Å². The van der Waals surface area contributed by atoms with Crippen LogP contribution in [0.1, 0.15) is 13.3 Å². The molecule has 1 aliphatic heterocycles. The van der Waals surface area contributed by atoms with Crippen molar-refractivity contribution in [3.63, 3.8) is 0 Å². The molecule has 18 heavy (non-hydrogen) atoms. The minimum atomic E-state index is -0.331. The number of likely N-dealkylation sites (N-methyl/N-ethyl adjacent to an activating group) is 2. The van der Waals surface area contributed by atoms with Crippen molar-refractivity contribution in [3.05, 3.63) is 0 Å². The van der Waals surface area contributed by atoms with Crippen LogP contribution >= 0.6 is 0 Å². The molecule has 108 valence electrons. The maximum absolute atomic E-state index is 10.0. The van der Waals surface area contributed by atoms with Gasteiger partial charge in [0.05, 0.1) is 12.2 Å². The third-order valence-corrected chi connectivity index (χ3v) is 3.58. The number of piperazine rings is 1. The average molecular weight is 259 g/mol. The first-order valence-corrected chi connectivity index (χ1v) is 6.96. The van der Waals surface area contributed by atoms with Gasteiger partial charge in [0, 0.05) is 45.8 Å². The van der Waals surface area contributed by atoms with Crippen molar-refractivity contribution >= 4 is 0 Å². The summed E-state index contributed by atoms with van der Waals surface area (Å²) in [6, 6.07) is 0. The molecule has 1 unspecified atom stereocenters. The number of aliphatic hydroxyl groups excluding tert-OH is 2. The summed E-state index contributed by atoms with van der Waals surface area (Å²) in [6.07, 6.45) is 0.145. The first-order valence-electron chi connectivity index (χ1n) is 6.96. The molecule has 1 fully saturated rings. The molecule has 0 aliphatic carbocycles. The number of β-amino-alcohol motifs (C(OH)–C–C–N with tert-alkyl or cyclic N) is 1. The van der Waals surface area contributed by atoms with Crippen LogP contribution in [0.2, 0.25) is 0 Å². The largest absolute Gasteiger partial charge is 0.392 e. The zero-order valence-corrected chi connectivity index (χ0v) is 12.0. The van der Waals surface area contributed by atoms with Gasteiger partial charge in [0.15, 0.2) is 0 Å². The first kappa shape index (κ1) is 15.9. The molecule has 0 saturated carbocycles. The molecule has 1 heterocycles. The van der Waals surface area contributed by atoms with Crippen molar-refractivity contribution in [1.82, 2.24) is 14.7 Å². The molecule has 0 amide bonds. The maximum atomic E-state index is 10.0. The fourth-order valence-electron chi connectivity index (χ4n) is 2.31. The Morgan fingerprint density at radius 2 is 1.61 bits per heavy atom. The number of nitrogens with zero attached hydrogens (tertiary/aromatic N) is 3. The molecule has 0 aromatic heterocycles. The van der Waals surface area contributed by atoms with Gasteiger partial charge in [-0.05, 0) is 20.5 Å². The molecule has 0 aromatic rings. The first-order chi connectivity index (χ1) is 8.51. The highest BCUT2D eigenvalue weighted by molar-refractivity contribution is 4.74. The molecule has 5 heteroatoms. The van der Waals surface area contributed by atoms with Gasteiger partial charge in [0.25, 0.3) is 0 Å². The van der Waals surface area contributed by atoms with Gasteiger partial charge in [0.2, 0.25) is 0 Å². The van der Waals surface area contributed by atoms with Crippen LogP contribution in [-0.4, -0.2) is 97.0 Å². The monoisotopic (exact) mass is 259 g/mol. The average Bonchev–Trinajstić information content (AvgIpc) is 2.31. The molecule has 0 radical (unpaired) electrons. The van der Waals surface area contributed by atoms with E-state index in [0.717, 1.165) is 39.1 Å². The summed E-state index contributed by atoms with van der Waals surface area (Å²) in [5.74, 6) is 0. The number of rotatable bonds is 7. The van der Waals surface area contributed by atoms with E-state index < -0.39 is 0 Å². The Balaban J connectivity index is 2.18. The maximum Gasteiger partial charge on any atom is 0.0793 e. The van der Waals surface area contributed by atoms with Gasteiger partial charge < -0.3 is 20.0 Å². The van der Waals surface area contributed by atoms with Gasteiger partial charge in [-0.1, -0.05) is 6.92 Å². The molecule has 5 nitrogen and oxygen atoms in total. The molecule has 0 bridgehead atoms. The topological polar surface area (TPSA) is 50.2 Å². The number of hydrogen-bond donors (Lipinski definition) is 2. The highest BCUT2D eigenvalue weighted by Crippen LogP contribution is 2.02. The second kappa shape index (κ2) is 8.07. The molecular formula is C13H29N3O2. The van der Waals surface area contributed by atoms with E-state index in [1.807, 2.05) is 18.9 Å². The van der Waals surface area contributed by atoms with Gasteiger partial charge in [-0.25, -0.2) is 0 Å². The molecule has 1 saturated heterocycles. The van der Waals surface area contributed by atoms with Crippen molar-refractivity contribution in [2.45, 2.75) is 25.6 Å². The lowest BCUT2D eigenvalue weighted by Gasteiger charge is -2.34. The summed E-state index contributed by atoms with van der Waals surface area (Å²) >= 11 is 0. The fraction of sp³-hybridized carbons (Fsp3) is 1.00. The van der Waals surface area contributed by atoms with E-state index in [2.05, 4.69) is 16.8 Å². The van der Waals surface area contributed by atoms with Crippen LogP contribution in [0.3, 0.4) is 0 Å². The van der Waals surface area contributed by atoms with Gasteiger partial charge in [0.1, 0.15) is 0 Å². The van der Waals surface area contributed by atoms with Crippen molar-refractivity contribution < 1.29 is 10.2 Å². The lowest BCUT2D eigenvalue weighted by molar-refractivity contribution is 0.0469. The Bertz CT molecular complexity index is 220. The van der Waals surface area contributed by atoms with Crippen LogP contribution in [0.25, 0.3) is 0 Å². The number of hydrogen-bond acceptors (Lipinski definition) is 5. The Morgan fingerprint density at radius 1 is 1.06 bits per heavy atom. The lowest BCUT2D eigenvalue weighted by atomic mass is 10.2. The summed E-state index contributed by atoms with van der Waals surface area (Å²) in [5.41, 5.74) is 0. The van der Waals surface area contributed by atoms with Crippen LogP contribution in [0.15, 0.2) is 0 Å². The van der Waals surface area contributed by atoms with Gasteiger partial charge in [-0.2, -0.15) is 0 Å². The standard InChI is InChI=1S/C13H29N3O2/c1-4-12(17)9-15(3)10-13(18)11-16-7-5-14(2)6-8-16/h12-13,17-18H,4-11H2,1-3H3/t12-,13?/m1/s1. The third-order valence-electron chi connectivity index (χ3n) is 3.58. The number of aliphatic hydroxyl groups is 2. The minimum absolute atomic E-state index is 0.286. The second-order valence-electron chi connectivity index (χ2n) is 5.54.